The molecule has 0 bridgehead atoms. The van der Waals surface area contributed by atoms with Gasteiger partial charge < -0.3 is 19.7 Å². The van der Waals surface area contributed by atoms with Crippen molar-refractivity contribution in [3.63, 3.8) is 0 Å². The fraction of sp³-hybridized carbons (Fsp3) is 0.613. The van der Waals surface area contributed by atoms with E-state index in [0.29, 0.717) is 19.3 Å². The van der Waals surface area contributed by atoms with Crippen molar-refractivity contribution < 1.29 is 29.3 Å². The van der Waals surface area contributed by atoms with Crippen LogP contribution in [0.3, 0.4) is 0 Å². The van der Waals surface area contributed by atoms with E-state index in [1.54, 1.807) is 0 Å². The lowest BCUT2D eigenvalue weighted by Gasteiger charge is -2.15. The molecule has 0 aliphatic carbocycles. The van der Waals surface area contributed by atoms with Gasteiger partial charge in [0.1, 0.15) is 6.61 Å². The Balaban J connectivity index is 3.81. The molecule has 0 aliphatic heterocycles. The van der Waals surface area contributed by atoms with Crippen LogP contribution in [-0.4, -0.2) is 47.6 Å². The van der Waals surface area contributed by atoms with Gasteiger partial charge in [-0.2, -0.15) is 0 Å². The van der Waals surface area contributed by atoms with E-state index in [4.69, 9.17) is 9.47 Å². The first-order valence-corrected chi connectivity index (χ1v) is 14.0. The van der Waals surface area contributed by atoms with Gasteiger partial charge >= 0.3 is 11.9 Å². The number of hydrogen-bond acceptors (Lipinski definition) is 6. The summed E-state index contributed by atoms with van der Waals surface area (Å²) in [5.74, 6) is -0.708. The standard InChI is InChI=1S/C31H50O6/c1-3-5-7-16-21-25-31(35)37-29(26-32)27-36-30(34)24-20-18-15-13-11-9-8-10-12-14-17-19-23-28(33)22-6-4-2/h6,8-9,12-15,17,19,22,28-29,32-33H,3-5,7,10-11,16,18,20-21,23-27H2,1-2H3/b9-8-,14-12-,15-13-,19-17+,22-6-/t28?,29-/m0/s1. The van der Waals surface area contributed by atoms with Crippen molar-refractivity contribution >= 4 is 11.9 Å². The van der Waals surface area contributed by atoms with Crippen LogP contribution in [0.4, 0.5) is 0 Å². The Morgan fingerprint density at radius 2 is 1.46 bits per heavy atom. The molecular formula is C31H50O6. The van der Waals surface area contributed by atoms with Gasteiger partial charge in [0.2, 0.25) is 0 Å². The fourth-order valence-electron chi connectivity index (χ4n) is 3.25. The summed E-state index contributed by atoms with van der Waals surface area (Å²) in [7, 11) is 0. The lowest BCUT2D eigenvalue weighted by atomic mass is 10.1. The highest BCUT2D eigenvalue weighted by molar-refractivity contribution is 5.70. The highest BCUT2D eigenvalue weighted by atomic mass is 16.6. The van der Waals surface area contributed by atoms with Crippen LogP contribution >= 0.6 is 0 Å². The zero-order chi connectivity index (χ0) is 27.4. The molecule has 2 atom stereocenters. The summed E-state index contributed by atoms with van der Waals surface area (Å²) in [6.45, 7) is 3.71. The number of esters is 2. The van der Waals surface area contributed by atoms with Crippen molar-refractivity contribution in [2.75, 3.05) is 13.2 Å². The summed E-state index contributed by atoms with van der Waals surface area (Å²) in [4.78, 5) is 23.7. The number of allylic oxidation sites excluding steroid dienone is 8. The zero-order valence-electron chi connectivity index (χ0n) is 23.1. The van der Waals surface area contributed by atoms with Gasteiger partial charge in [0.15, 0.2) is 6.10 Å². The van der Waals surface area contributed by atoms with Crippen LogP contribution in [-0.2, 0) is 19.1 Å². The Bertz CT molecular complexity index is 704. The summed E-state index contributed by atoms with van der Waals surface area (Å²) in [6, 6.07) is 0. The third-order valence-electron chi connectivity index (χ3n) is 5.40. The summed E-state index contributed by atoms with van der Waals surface area (Å²) in [6.07, 6.45) is 29.4. The van der Waals surface area contributed by atoms with E-state index in [2.05, 4.69) is 31.2 Å². The molecule has 6 nitrogen and oxygen atoms in total. The molecule has 0 aromatic carbocycles. The summed E-state index contributed by atoms with van der Waals surface area (Å²) in [5, 5.41) is 19.0. The highest BCUT2D eigenvalue weighted by Gasteiger charge is 2.15. The highest BCUT2D eigenvalue weighted by Crippen LogP contribution is 2.08. The molecule has 0 spiro atoms. The third kappa shape index (κ3) is 25.0. The van der Waals surface area contributed by atoms with Gasteiger partial charge in [-0.15, -0.1) is 0 Å². The van der Waals surface area contributed by atoms with Crippen LogP contribution in [0.15, 0.2) is 60.8 Å². The van der Waals surface area contributed by atoms with Crippen LogP contribution < -0.4 is 0 Å². The molecule has 210 valence electrons. The predicted octanol–water partition coefficient (Wildman–Crippen LogP) is 6.69. The van der Waals surface area contributed by atoms with Gasteiger partial charge in [0, 0.05) is 12.8 Å². The average Bonchev–Trinajstić information content (AvgIpc) is 2.89. The quantitative estimate of drug-likeness (QED) is 0.0678. The molecule has 0 aromatic rings. The second-order valence-corrected chi connectivity index (χ2v) is 8.94. The molecular weight excluding hydrogens is 468 g/mol. The van der Waals surface area contributed by atoms with Gasteiger partial charge in [-0.05, 0) is 44.9 Å². The third-order valence-corrected chi connectivity index (χ3v) is 5.40. The van der Waals surface area contributed by atoms with Crippen LogP contribution in [0.2, 0.25) is 0 Å². The Morgan fingerprint density at radius 3 is 2.19 bits per heavy atom. The van der Waals surface area contributed by atoms with Crippen molar-refractivity contribution in [2.24, 2.45) is 0 Å². The first-order valence-electron chi connectivity index (χ1n) is 14.0. The number of unbranched alkanes of at least 4 members (excludes halogenated alkanes) is 5. The van der Waals surface area contributed by atoms with Crippen molar-refractivity contribution in [1.82, 2.24) is 0 Å². The minimum Gasteiger partial charge on any atom is -0.462 e. The van der Waals surface area contributed by atoms with E-state index in [1.165, 1.54) is 6.42 Å². The lowest BCUT2D eigenvalue weighted by molar-refractivity contribution is -0.161. The van der Waals surface area contributed by atoms with Gasteiger partial charge in [0.25, 0.3) is 0 Å². The number of rotatable bonds is 23. The molecule has 0 amide bonds. The first kappa shape index (κ1) is 34.6. The molecule has 0 saturated carbocycles. The maximum absolute atomic E-state index is 11.9. The van der Waals surface area contributed by atoms with E-state index in [1.807, 2.05) is 43.4 Å². The van der Waals surface area contributed by atoms with Crippen LogP contribution in [0.1, 0.15) is 97.3 Å². The summed E-state index contributed by atoms with van der Waals surface area (Å²) >= 11 is 0. The molecule has 0 rings (SSSR count). The number of carbonyl (C=O) groups is 2. The molecule has 0 saturated heterocycles. The Kier molecular flexibility index (Phi) is 24.9. The number of aliphatic hydroxyl groups excluding tert-OH is 2. The van der Waals surface area contributed by atoms with Crippen LogP contribution in [0.5, 0.6) is 0 Å². The van der Waals surface area contributed by atoms with E-state index in [9.17, 15) is 19.8 Å². The van der Waals surface area contributed by atoms with Gasteiger partial charge in [-0.1, -0.05) is 100 Å². The molecule has 2 N–H and O–H groups in total. The minimum atomic E-state index is -0.800. The van der Waals surface area contributed by atoms with E-state index in [-0.39, 0.29) is 31.6 Å². The molecule has 6 heteroatoms. The van der Waals surface area contributed by atoms with Crippen molar-refractivity contribution in [3.8, 4) is 0 Å². The van der Waals surface area contributed by atoms with Crippen LogP contribution in [0, 0.1) is 0 Å². The Morgan fingerprint density at radius 1 is 0.784 bits per heavy atom. The van der Waals surface area contributed by atoms with Crippen LogP contribution in [0.25, 0.3) is 0 Å². The van der Waals surface area contributed by atoms with Gasteiger partial charge in [0.05, 0.1) is 12.7 Å². The predicted molar refractivity (Wildman–Crippen MR) is 151 cm³/mol. The summed E-state index contributed by atoms with van der Waals surface area (Å²) < 4.78 is 10.3. The normalized spacial score (nSPS) is 13.9. The zero-order valence-corrected chi connectivity index (χ0v) is 23.1. The molecule has 0 heterocycles. The molecule has 37 heavy (non-hydrogen) atoms. The largest absolute Gasteiger partial charge is 0.462 e. The van der Waals surface area contributed by atoms with E-state index in [0.717, 1.165) is 51.4 Å². The lowest BCUT2D eigenvalue weighted by Crippen LogP contribution is -2.28. The minimum absolute atomic E-state index is 0.111. The molecule has 0 aliphatic rings. The average molecular weight is 519 g/mol. The number of hydrogen-bond donors (Lipinski definition) is 2. The molecule has 0 radical (unpaired) electrons. The maximum atomic E-state index is 11.9. The molecule has 0 aromatic heterocycles. The van der Waals surface area contributed by atoms with E-state index >= 15 is 0 Å². The topological polar surface area (TPSA) is 93.1 Å². The fourth-order valence-corrected chi connectivity index (χ4v) is 3.25. The maximum Gasteiger partial charge on any atom is 0.306 e. The first-order chi connectivity index (χ1) is 18.0. The summed E-state index contributed by atoms with van der Waals surface area (Å²) in [5.41, 5.74) is 0. The monoisotopic (exact) mass is 518 g/mol. The van der Waals surface area contributed by atoms with Gasteiger partial charge in [-0.25, -0.2) is 0 Å². The Labute approximate surface area is 224 Å². The number of ether oxygens (including phenoxy) is 2. The Hall–Kier alpha value is -2.44. The van der Waals surface area contributed by atoms with Crippen molar-refractivity contribution in [1.29, 1.82) is 0 Å². The SMILES string of the molecule is CC/C=C\C(O)C/C=C/C=C\C/C=C\C/C=C\CCCC(=O)OC[C@H](CO)OC(=O)CCCCCCC. The second-order valence-electron chi connectivity index (χ2n) is 8.94. The number of aliphatic hydroxyl groups is 2. The molecule has 1 unspecified atom stereocenters. The van der Waals surface area contributed by atoms with Crippen molar-refractivity contribution in [2.45, 2.75) is 110 Å². The second kappa shape index (κ2) is 26.6. The van der Waals surface area contributed by atoms with E-state index < -0.39 is 12.2 Å². The van der Waals surface area contributed by atoms with Gasteiger partial charge in [-0.3, -0.25) is 9.59 Å². The molecule has 0 fully saturated rings. The number of carbonyl (C=O) groups excluding carboxylic acids is 2. The smallest absolute Gasteiger partial charge is 0.306 e. The van der Waals surface area contributed by atoms with Crippen molar-refractivity contribution in [3.05, 3.63) is 60.8 Å².